The van der Waals surface area contributed by atoms with Crippen molar-refractivity contribution in [1.29, 1.82) is 0 Å². The summed E-state index contributed by atoms with van der Waals surface area (Å²) in [6.45, 7) is 34.2. The number of ether oxygens (including phenoxy) is 3. The van der Waals surface area contributed by atoms with Gasteiger partial charge in [0, 0.05) is 37.7 Å². The van der Waals surface area contributed by atoms with Crippen LogP contribution in [0.25, 0.3) is 0 Å². The number of carboxylic acid groups (broad SMARTS) is 1. The maximum atomic E-state index is 15.1. The van der Waals surface area contributed by atoms with Crippen LogP contribution in [0.15, 0.2) is 12.2 Å². The number of rotatable bonds is 12. The third-order valence-corrected chi connectivity index (χ3v) is 20.5. The Morgan fingerprint density at radius 1 is 0.814 bits per heavy atom. The number of fused-ring (bicyclic) bond motifs is 7. The maximum Gasteiger partial charge on any atom is 0.309 e. The number of carbonyl (C=O) groups is 3. The highest BCUT2D eigenvalue weighted by atomic mass is 16.5. The van der Waals surface area contributed by atoms with Gasteiger partial charge in [-0.1, -0.05) is 67.5 Å². The molecule has 59 heavy (non-hydrogen) atoms. The molecule has 0 aromatic heterocycles. The van der Waals surface area contributed by atoms with Gasteiger partial charge in [-0.05, 0) is 149 Å². The van der Waals surface area contributed by atoms with Crippen LogP contribution in [0.4, 0.5) is 0 Å². The molecule has 9 heteroatoms. The largest absolute Gasteiger partial charge is 0.481 e. The molecular weight excluding hydrogens is 741 g/mol. The summed E-state index contributed by atoms with van der Waals surface area (Å²) in [4.78, 5) is 43.1. The van der Waals surface area contributed by atoms with E-state index in [0.29, 0.717) is 37.4 Å². The van der Waals surface area contributed by atoms with Crippen LogP contribution < -0.4 is 5.32 Å². The summed E-state index contributed by atoms with van der Waals surface area (Å²) in [6, 6.07) is 0. The normalized spacial score (nSPS) is 44.9. The third kappa shape index (κ3) is 6.72. The smallest absolute Gasteiger partial charge is 0.309 e. The molecule has 0 radical (unpaired) electrons. The van der Waals surface area contributed by atoms with Gasteiger partial charge in [0.25, 0.3) is 0 Å². The molecule has 9 nitrogen and oxygen atoms in total. The van der Waals surface area contributed by atoms with Gasteiger partial charge in [-0.15, -0.1) is 0 Å². The SMILES string of the molecule is C=C(C)[C@@H]1CC[C@]2(C(=O)NC(C)(C)CN3CC[C@@H](OCCOC)C3)CC[C@]3(C)[C@H](CC[C@@]4(C)[C@@]3(C)CC[C@H]3C(C)(C)[C@@H](OC(=O)[C@H]5C[C@@H](C(=O)O)C5(C)C)CC[C@@]34C)[C@@H]12. The summed E-state index contributed by atoms with van der Waals surface area (Å²) in [6.07, 6.45) is 11.8. The molecule has 6 saturated carbocycles. The first-order chi connectivity index (χ1) is 27.3. The second-order valence-corrected chi connectivity index (χ2v) is 24.0. The lowest BCUT2D eigenvalue weighted by atomic mass is 9.27. The molecule has 6 aliphatic carbocycles. The second kappa shape index (κ2) is 15.1. The zero-order valence-corrected chi connectivity index (χ0v) is 39.2. The molecule has 1 saturated heterocycles. The number of amides is 1. The number of aliphatic carboxylic acids is 1. The van der Waals surface area contributed by atoms with Crippen LogP contribution in [-0.2, 0) is 28.6 Å². The molecule has 0 aromatic rings. The van der Waals surface area contributed by atoms with Crippen molar-refractivity contribution in [2.45, 2.75) is 171 Å². The summed E-state index contributed by atoms with van der Waals surface area (Å²) in [7, 11) is 1.71. The highest BCUT2D eigenvalue weighted by molar-refractivity contribution is 5.84. The summed E-state index contributed by atoms with van der Waals surface area (Å²) >= 11 is 0. The van der Waals surface area contributed by atoms with Crippen molar-refractivity contribution in [2.75, 3.05) is 40.0 Å². The number of allylic oxidation sites excluding steroid dienone is 1. The van der Waals surface area contributed by atoms with Crippen LogP contribution in [-0.4, -0.2) is 85.6 Å². The van der Waals surface area contributed by atoms with E-state index in [1.165, 1.54) is 5.57 Å². The van der Waals surface area contributed by atoms with Crippen LogP contribution in [0.5, 0.6) is 0 Å². The van der Waals surface area contributed by atoms with Gasteiger partial charge in [0.05, 0.1) is 36.6 Å². The molecule has 1 heterocycles. The van der Waals surface area contributed by atoms with Gasteiger partial charge < -0.3 is 24.6 Å². The first kappa shape index (κ1) is 45.1. The lowest BCUT2D eigenvalue weighted by molar-refractivity contribution is -0.291. The van der Waals surface area contributed by atoms with E-state index in [1.54, 1.807) is 7.11 Å². The van der Waals surface area contributed by atoms with Crippen molar-refractivity contribution in [3.8, 4) is 0 Å². The van der Waals surface area contributed by atoms with E-state index in [-0.39, 0.29) is 73.9 Å². The summed E-state index contributed by atoms with van der Waals surface area (Å²) in [5.74, 6) is -0.137. The Morgan fingerprint density at radius 3 is 2.14 bits per heavy atom. The summed E-state index contributed by atoms with van der Waals surface area (Å²) < 4.78 is 17.7. The van der Waals surface area contributed by atoms with Crippen molar-refractivity contribution < 1.29 is 33.7 Å². The third-order valence-electron chi connectivity index (χ3n) is 20.5. The van der Waals surface area contributed by atoms with Crippen molar-refractivity contribution >= 4 is 17.8 Å². The van der Waals surface area contributed by atoms with Gasteiger partial charge in [-0.25, -0.2) is 0 Å². The number of hydrogen-bond donors (Lipinski definition) is 2. The average molecular weight is 823 g/mol. The zero-order chi connectivity index (χ0) is 43.4. The van der Waals surface area contributed by atoms with Gasteiger partial charge >= 0.3 is 11.9 Å². The molecule has 0 aromatic carbocycles. The number of esters is 1. The van der Waals surface area contributed by atoms with Crippen molar-refractivity contribution in [3.63, 3.8) is 0 Å². The first-order valence-electron chi connectivity index (χ1n) is 23.6. The molecule has 0 bridgehead atoms. The van der Waals surface area contributed by atoms with Gasteiger partial charge in [-0.3, -0.25) is 19.3 Å². The molecular formula is C50H82N2O7. The van der Waals surface area contributed by atoms with E-state index < -0.39 is 17.3 Å². The Hall–Kier alpha value is -1.97. The Kier molecular flexibility index (Phi) is 11.5. The minimum atomic E-state index is -0.819. The van der Waals surface area contributed by atoms with Crippen molar-refractivity contribution in [3.05, 3.63) is 12.2 Å². The summed E-state index contributed by atoms with van der Waals surface area (Å²) in [5, 5.41) is 13.4. The average Bonchev–Trinajstić information content (AvgIpc) is 3.75. The number of carbonyl (C=O) groups excluding carboxylic acids is 2. The lowest BCUT2D eigenvalue weighted by Crippen LogP contribution is -2.71. The fourth-order valence-electron chi connectivity index (χ4n) is 16.5. The molecule has 0 spiro atoms. The fraction of sp³-hybridized carbons (Fsp3) is 0.900. The van der Waals surface area contributed by atoms with E-state index in [4.69, 9.17) is 14.2 Å². The van der Waals surface area contributed by atoms with Gasteiger partial charge in [0.1, 0.15) is 6.10 Å². The van der Waals surface area contributed by atoms with E-state index in [0.717, 1.165) is 90.3 Å². The molecule has 7 fully saturated rings. The predicted octanol–water partition coefficient (Wildman–Crippen LogP) is 9.32. The second-order valence-electron chi connectivity index (χ2n) is 24.0. The predicted molar refractivity (Wildman–Crippen MR) is 231 cm³/mol. The highest BCUT2D eigenvalue weighted by Crippen LogP contribution is 2.81. The van der Waals surface area contributed by atoms with Crippen LogP contribution >= 0.6 is 0 Å². The standard InChI is InChI=1S/C50H82N2O7/c1-31(2)33-14-22-50(42(56)51-43(3,4)30-52-25-18-32(29-52)58-27-26-57-13)24-23-46(9)34(39(33)50)15-20-49(12)47(10)19-17-38(45(7,8)37(47)16-21-48(46,49)11)59-41(55)36-28-35(40(53)54)44(36,5)6/h32-39H,1,14-30H2,2-13H3,(H,51,56)(H,53,54)/t32-,33+,34-,35+,36-,37+,38+,39-,46-,47+,48+,49-,50+/m1/s1. The Labute approximate surface area is 357 Å². The van der Waals surface area contributed by atoms with E-state index in [2.05, 4.69) is 79.1 Å². The van der Waals surface area contributed by atoms with Gasteiger partial charge in [-0.2, -0.15) is 0 Å². The molecule has 13 atom stereocenters. The van der Waals surface area contributed by atoms with Crippen LogP contribution in [0.3, 0.4) is 0 Å². The lowest BCUT2D eigenvalue weighted by Gasteiger charge is -2.77. The Balaban J connectivity index is 1.10. The summed E-state index contributed by atoms with van der Waals surface area (Å²) in [5.41, 5.74) is -0.00168. The minimum Gasteiger partial charge on any atom is -0.481 e. The van der Waals surface area contributed by atoms with Crippen LogP contribution in [0.2, 0.25) is 0 Å². The number of likely N-dealkylation sites (tertiary alicyclic amines) is 1. The minimum absolute atomic E-state index is 0.0628. The quantitative estimate of drug-likeness (QED) is 0.114. The van der Waals surface area contributed by atoms with Crippen LogP contribution in [0, 0.1) is 73.4 Å². The molecule has 7 rings (SSSR count). The van der Waals surface area contributed by atoms with Gasteiger partial charge in [0.15, 0.2) is 0 Å². The number of methoxy groups -OCH3 is 1. The molecule has 1 aliphatic heterocycles. The van der Waals surface area contributed by atoms with Crippen molar-refractivity contribution in [1.82, 2.24) is 10.2 Å². The number of carboxylic acids is 1. The fourth-order valence-corrected chi connectivity index (χ4v) is 16.5. The van der Waals surface area contributed by atoms with Crippen molar-refractivity contribution in [2.24, 2.45) is 73.4 Å². The zero-order valence-electron chi connectivity index (χ0n) is 39.2. The number of hydrogen-bond acceptors (Lipinski definition) is 7. The van der Waals surface area contributed by atoms with E-state index in [1.807, 2.05) is 13.8 Å². The number of nitrogens with one attached hydrogen (secondary N) is 1. The van der Waals surface area contributed by atoms with Crippen LogP contribution in [0.1, 0.15) is 153 Å². The first-order valence-corrected chi connectivity index (χ1v) is 23.6. The maximum absolute atomic E-state index is 15.1. The Morgan fingerprint density at radius 2 is 1.49 bits per heavy atom. The highest BCUT2D eigenvalue weighted by Gasteiger charge is 2.76. The monoisotopic (exact) mass is 823 g/mol. The number of nitrogens with zero attached hydrogens (tertiary/aromatic N) is 1. The molecule has 7 aliphatic rings. The molecule has 1 amide bonds. The van der Waals surface area contributed by atoms with E-state index >= 15 is 4.79 Å². The van der Waals surface area contributed by atoms with E-state index in [9.17, 15) is 14.7 Å². The topological polar surface area (TPSA) is 114 Å². The molecule has 2 N–H and O–H groups in total. The Bertz CT molecular complexity index is 1670. The molecule has 0 unspecified atom stereocenters. The molecule has 334 valence electrons. The van der Waals surface area contributed by atoms with Gasteiger partial charge in [0.2, 0.25) is 5.91 Å².